The molecule has 4 nitrogen and oxygen atoms in total. The molecule has 2 heterocycles. The van der Waals surface area contributed by atoms with Gasteiger partial charge < -0.3 is 10.2 Å². The molecule has 0 saturated carbocycles. The summed E-state index contributed by atoms with van der Waals surface area (Å²) in [5, 5.41) is 3.43. The number of nitrogens with zero attached hydrogens (tertiary/aromatic N) is 3. The minimum absolute atomic E-state index is 0.360. The first-order valence-electron chi connectivity index (χ1n) is 7.26. The van der Waals surface area contributed by atoms with Gasteiger partial charge in [-0.15, -0.1) is 6.58 Å². The number of piperazine rings is 1. The lowest BCUT2D eigenvalue weighted by Gasteiger charge is -2.34. The summed E-state index contributed by atoms with van der Waals surface area (Å²) < 4.78 is 0. The summed E-state index contributed by atoms with van der Waals surface area (Å²) in [6, 6.07) is 8.82. The molecule has 0 aliphatic carbocycles. The Balaban J connectivity index is 1.77. The lowest BCUT2D eigenvalue weighted by Crippen LogP contribution is -2.49. The summed E-state index contributed by atoms with van der Waals surface area (Å²) >= 11 is 0. The number of aromatic nitrogens is 2. The molecule has 3 rings (SSSR count). The normalized spacial score (nSPS) is 18.5. The van der Waals surface area contributed by atoms with E-state index in [1.165, 1.54) is 5.69 Å². The minimum Gasteiger partial charge on any atom is -0.368 e. The first-order chi connectivity index (χ1) is 10.3. The number of anilines is 1. The second kappa shape index (κ2) is 6.06. The van der Waals surface area contributed by atoms with Gasteiger partial charge >= 0.3 is 0 Å². The highest BCUT2D eigenvalue weighted by Gasteiger charge is 2.16. The third-order valence-electron chi connectivity index (χ3n) is 3.76. The third-order valence-corrected chi connectivity index (χ3v) is 3.76. The van der Waals surface area contributed by atoms with Crippen molar-refractivity contribution in [2.75, 3.05) is 24.5 Å². The summed E-state index contributed by atoms with van der Waals surface area (Å²) in [6.07, 6.45) is 5.67. The molecular formula is C17H20N4. The largest absolute Gasteiger partial charge is 0.368 e. The van der Waals surface area contributed by atoms with E-state index >= 15 is 0 Å². The van der Waals surface area contributed by atoms with E-state index in [0.717, 1.165) is 36.6 Å². The van der Waals surface area contributed by atoms with Gasteiger partial charge in [-0.3, -0.25) is 0 Å². The number of benzene rings is 1. The number of hydrogen-bond donors (Lipinski definition) is 1. The van der Waals surface area contributed by atoms with Crippen LogP contribution < -0.4 is 10.2 Å². The lowest BCUT2D eigenvalue weighted by atomic mass is 10.1. The maximum Gasteiger partial charge on any atom is 0.159 e. The first-order valence-corrected chi connectivity index (χ1v) is 7.26. The molecule has 1 aliphatic heterocycles. The number of aryl methyl sites for hydroxylation is 1. The molecule has 4 heteroatoms. The molecule has 1 saturated heterocycles. The Morgan fingerprint density at radius 1 is 1.24 bits per heavy atom. The van der Waals surface area contributed by atoms with E-state index in [1.807, 2.05) is 25.4 Å². The fourth-order valence-corrected chi connectivity index (χ4v) is 2.53. The van der Waals surface area contributed by atoms with Crippen molar-refractivity contribution >= 4 is 5.69 Å². The van der Waals surface area contributed by atoms with Crippen molar-refractivity contribution in [1.29, 1.82) is 0 Å². The van der Waals surface area contributed by atoms with Gasteiger partial charge in [-0.05, 0) is 36.8 Å². The van der Waals surface area contributed by atoms with E-state index in [2.05, 4.69) is 51.0 Å². The van der Waals surface area contributed by atoms with Crippen LogP contribution in [0.3, 0.4) is 0 Å². The Hall–Kier alpha value is -2.20. The second-order valence-electron chi connectivity index (χ2n) is 5.37. The quantitative estimate of drug-likeness (QED) is 0.877. The zero-order chi connectivity index (χ0) is 14.7. The Kier molecular flexibility index (Phi) is 3.97. The predicted molar refractivity (Wildman–Crippen MR) is 86.4 cm³/mol. The molecule has 0 spiro atoms. The molecular weight excluding hydrogens is 260 g/mol. The average Bonchev–Trinajstić information content (AvgIpc) is 2.56. The molecule has 1 aromatic heterocycles. The van der Waals surface area contributed by atoms with Crippen LogP contribution >= 0.6 is 0 Å². The van der Waals surface area contributed by atoms with Crippen LogP contribution in [0.1, 0.15) is 5.56 Å². The Labute approximate surface area is 125 Å². The van der Waals surface area contributed by atoms with Crippen molar-refractivity contribution in [3.63, 3.8) is 0 Å². The van der Waals surface area contributed by atoms with Crippen LogP contribution in [0.25, 0.3) is 11.4 Å². The highest BCUT2D eigenvalue weighted by molar-refractivity contribution is 5.60. The van der Waals surface area contributed by atoms with E-state index in [4.69, 9.17) is 0 Å². The molecule has 1 aromatic carbocycles. The number of hydrogen-bond acceptors (Lipinski definition) is 4. The highest BCUT2D eigenvalue weighted by Crippen LogP contribution is 2.21. The van der Waals surface area contributed by atoms with Crippen molar-refractivity contribution < 1.29 is 0 Å². The van der Waals surface area contributed by atoms with E-state index in [0.29, 0.717) is 6.04 Å². The fraction of sp³-hybridized carbons (Fsp3) is 0.294. The van der Waals surface area contributed by atoms with Gasteiger partial charge in [-0.1, -0.05) is 6.08 Å². The molecule has 0 amide bonds. The van der Waals surface area contributed by atoms with Crippen LogP contribution in [0.4, 0.5) is 5.69 Å². The van der Waals surface area contributed by atoms with Gasteiger partial charge in [0, 0.05) is 49.3 Å². The van der Waals surface area contributed by atoms with Gasteiger partial charge in [-0.2, -0.15) is 0 Å². The molecule has 2 aromatic rings. The summed E-state index contributed by atoms with van der Waals surface area (Å²) in [5.41, 5.74) is 3.36. The summed E-state index contributed by atoms with van der Waals surface area (Å²) in [6.45, 7) is 8.83. The van der Waals surface area contributed by atoms with E-state index < -0.39 is 0 Å². The summed E-state index contributed by atoms with van der Waals surface area (Å²) in [7, 11) is 0. The SMILES string of the molecule is C=C[C@H]1CN(c2ccc(-c3ncc(C)cn3)cc2)CCN1. The molecule has 0 bridgehead atoms. The Bertz CT molecular complexity index is 604. The zero-order valence-corrected chi connectivity index (χ0v) is 12.3. The molecule has 1 N–H and O–H groups in total. The summed E-state index contributed by atoms with van der Waals surface area (Å²) in [4.78, 5) is 11.1. The Morgan fingerprint density at radius 2 is 1.95 bits per heavy atom. The smallest absolute Gasteiger partial charge is 0.159 e. The molecule has 21 heavy (non-hydrogen) atoms. The maximum absolute atomic E-state index is 4.37. The summed E-state index contributed by atoms with van der Waals surface area (Å²) in [5.74, 6) is 0.774. The van der Waals surface area contributed by atoms with Gasteiger partial charge in [0.15, 0.2) is 5.82 Å². The van der Waals surface area contributed by atoms with Gasteiger partial charge in [-0.25, -0.2) is 9.97 Å². The van der Waals surface area contributed by atoms with Gasteiger partial charge in [0.05, 0.1) is 0 Å². The van der Waals surface area contributed by atoms with Crippen LogP contribution in [-0.4, -0.2) is 35.6 Å². The number of nitrogens with one attached hydrogen (secondary N) is 1. The molecule has 108 valence electrons. The molecule has 0 radical (unpaired) electrons. The van der Waals surface area contributed by atoms with E-state index in [-0.39, 0.29) is 0 Å². The van der Waals surface area contributed by atoms with Crippen molar-refractivity contribution in [3.05, 3.63) is 54.9 Å². The van der Waals surface area contributed by atoms with E-state index in [1.54, 1.807) is 0 Å². The minimum atomic E-state index is 0.360. The maximum atomic E-state index is 4.37. The molecule has 1 aliphatic rings. The van der Waals surface area contributed by atoms with Crippen LogP contribution in [0.2, 0.25) is 0 Å². The number of rotatable bonds is 3. The van der Waals surface area contributed by atoms with Crippen molar-refractivity contribution in [2.45, 2.75) is 13.0 Å². The van der Waals surface area contributed by atoms with Gasteiger partial charge in [0.2, 0.25) is 0 Å². The van der Waals surface area contributed by atoms with Crippen molar-refractivity contribution in [3.8, 4) is 11.4 Å². The second-order valence-corrected chi connectivity index (χ2v) is 5.37. The van der Waals surface area contributed by atoms with Gasteiger partial charge in [0.1, 0.15) is 0 Å². The van der Waals surface area contributed by atoms with E-state index in [9.17, 15) is 0 Å². The van der Waals surface area contributed by atoms with Crippen molar-refractivity contribution in [1.82, 2.24) is 15.3 Å². The monoisotopic (exact) mass is 280 g/mol. The average molecular weight is 280 g/mol. The Morgan fingerprint density at radius 3 is 2.62 bits per heavy atom. The van der Waals surface area contributed by atoms with Crippen LogP contribution in [0.15, 0.2) is 49.3 Å². The molecule has 0 unspecified atom stereocenters. The highest BCUT2D eigenvalue weighted by atomic mass is 15.2. The van der Waals surface area contributed by atoms with Crippen molar-refractivity contribution in [2.24, 2.45) is 0 Å². The first kappa shape index (κ1) is 13.8. The standard InChI is InChI=1S/C17H20N4/c1-3-15-12-21(9-8-18-15)16-6-4-14(5-7-16)17-19-10-13(2)11-20-17/h3-7,10-11,15,18H,1,8-9,12H2,2H3/t15-/m0/s1. The molecule has 1 atom stereocenters. The van der Waals surface area contributed by atoms with Gasteiger partial charge in [0.25, 0.3) is 0 Å². The van der Waals surface area contributed by atoms with Crippen LogP contribution in [-0.2, 0) is 0 Å². The zero-order valence-electron chi connectivity index (χ0n) is 12.3. The predicted octanol–water partition coefficient (Wildman–Crippen LogP) is 2.42. The third kappa shape index (κ3) is 3.11. The fourth-order valence-electron chi connectivity index (χ4n) is 2.53. The van der Waals surface area contributed by atoms with Crippen LogP contribution in [0.5, 0.6) is 0 Å². The lowest BCUT2D eigenvalue weighted by molar-refractivity contribution is 0.518. The topological polar surface area (TPSA) is 41.1 Å². The van der Waals surface area contributed by atoms with Crippen LogP contribution in [0, 0.1) is 6.92 Å². The molecule has 1 fully saturated rings.